The Kier molecular flexibility index (Phi) is 20.1. The summed E-state index contributed by atoms with van der Waals surface area (Å²) in [5.41, 5.74) is 1.14. The maximum absolute atomic E-state index is 12.7. The van der Waals surface area contributed by atoms with Gasteiger partial charge in [-0.15, -0.1) is 4.33 Å². The third-order valence-electron chi connectivity index (χ3n) is 8.20. The van der Waals surface area contributed by atoms with E-state index < -0.39 is 15.0 Å². The van der Waals surface area contributed by atoms with Crippen molar-refractivity contribution in [1.29, 1.82) is 0 Å². The largest absolute Gasteiger partial charge is 0.462 e. The van der Waals surface area contributed by atoms with Gasteiger partial charge < -0.3 is 60.1 Å². The lowest BCUT2D eigenvalue weighted by Gasteiger charge is -2.21. The molecule has 26 heteroatoms. The highest BCUT2D eigenvalue weighted by Crippen LogP contribution is 2.32. The van der Waals surface area contributed by atoms with Crippen molar-refractivity contribution in [2.24, 2.45) is 0 Å². The van der Waals surface area contributed by atoms with E-state index >= 15 is 0 Å². The van der Waals surface area contributed by atoms with Gasteiger partial charge in [0.1, 0.15) is 18.1 Å². The Hall–Kier alpha value is -5.10. The van der Waals surface area contributed by atoms with E-state index in [4.69, 9.17) is 19.1 Å². The van der Waals surface area contributed by atoms with Crippen LogP contribution in [-0.2, 0) is 19.5 Å². The van der Waals surface area contributed by atoms with E-state index in [9.17, 15) is 33.4 Å². The molecule has 0 bridgehead atoms. The average Bonchev–Trinajstić information content (AvgIpc) is 3.22. The molecule has 4 rings (SSSR count). The molecule has 0 unspecified atom stereocenters. The summed E-state index contributed by atoms with van der Waals surface area (Å²) in [4.78, 5) is 32.9. The first-order valence-corrected chi connectivity index (χ1v) is 21.1. The van der Waals surface area contributed by atoms with Gasteiger partial charge in [0, 0.05) is 55.5 Å². The molecule has 340 valence electrons. The number of nitrogens with zero attached hydrogens (tertiary/aromatic N) is 10. The van der Waals surface area contributed by atoms with E-state index in [-0.39, 0.29) is 113 Å². The number of aromatic nitrogens is 6. The number of aliphatic hydroxyl groups is 4. The van der Waals surface area contributed by atoms with Crippen LogP contribution >= 0.6 is 12.0 Å². The van der Waals surface area contributed by atoms with Crippen LogP contribution in [0.2, 0.25) is 0 Å². The van der Waals surface area contributed by atoms with Crippen molar-refractivity contribution >= 4 is 69.5 Å². The molecule has 0 aliphatic carbocycles. The highest BCUT2D eigenvalue weighted by Gasteiger charge is 2.19. The van der Waals surface area contributed by atoms with Crippen LogP contribution in [0.1, 0.15) is 11.1 Å². The molecule has 0 fully saturated rings. The van der Waals surface area contributed by atoms with E-state index in [1.807, 2.05) is 38.0 Å². The van der Waals surface area contributed by atoms with Crippen molar-refractivity contribution in [2.75, 3.05) is 128 Å². The monoisotopic (exact) mass is 908 g/mol. The lowest BCUT2D eigenvalue weighted by atomic mass is 10.1. The minimum Gasteiger partial charge on any atom is -0.462 e. The first kappa shape index (κ1) is 49.6. The maximum Gasteiger partial charge on any atom is 0.323 e. The molecule has 62 heavy (non-hydrogen) atoms. The minimum absolute atomic E-state index is 0.00238. The third-order valence-corrected chi connectivity index (χ3v) is 9.78. The van der Waals surface area contributed by atoms with Gasteiger partial charge in [-0.2, -0.15) is 38.3 Å². The van der Waals surface area contributed by atoms with Crippen molar-refractivity contribution < 1.29 is 57.5 Å². The number of hydrogen-bond donors (Lipinski definition) is 8. The van der Waals surface area contributed by atoms with Crippen molar-refractivity contribution in [1.82, 2.24) is 39.7 Å². The molecule has 0 amide bonds. The van der Waals surface area contributed by atoms with Gasteiger partial charge in [-0.1, -0.05) is 29.3 Å². The lowest BCUT2D eigenvalue weighted by molar-refractivity contribution is -0.432. The Balaban J connectivity index is 1.66. The predicted octanol–water partition coefficient (Wildman–Crippen LogP) is 0.852. The fourth-order valence-electron chi connectivity index (χ4n) is 5.25. The summed E-state index contributed by atoms with van der Waals surface area (Å²) in [6.45, 7) is 1.10. The van der Waals surface area contributed by atoms with Gasteiger partial charge in [-0.05, 0) is 63.6 Å². The highest BCUT2D eigenvalue weighted by atomic mass is 32.2. The number of hydrogen-bond acceptors (Lipinski definition) is 24. The fraction of sp³-hybridized carbons (Fsp3) is 0.444. The molecular weight excluding hydrogens is 857 g/mol. The second-order valence-electron chi connectivity index (χ2n) is 13.4. The van der Waals surface area contributed by atoms with Crippen molar-refractivity contribution in [2.45, 2.75) is 9.79 Å². The number of rotatable bonds is 28. The number of anilines is 6. The van der Waals surface area contributed by atoms with Gasteiger partial charge in [-0.3, -0.25) is 4.55 Å². The summed E-state index contributed by atoms with van der Waals surface area (Å²) >= 11 is 0.625. The van der Waals surface area contributed by atoms with Crippen LogP contribution < -0.4 is 29.9 Å². The fourth-order valence-corrected chi connectivity index (χ4v) is 6.47. The minimum atomic E-state index is -4.81. The first-order chi connectivity index (χ1) is 29.8. The van der Waals surface area contributed by atoms with Crippen LogP contribution in [0, 0.1) is 0 Å². The molecule has 4 aromatic rings. The maximum atomic E-state index is 12.7. The van der Waals surface area contributed by atoms with E-state index in [0.717, 1.165) is 0 Å². The van der Waals surface area contributed by atoms with E-state index in [0.29, 0.717) is 41.3 Å². The van der Waals surface area contributed by atoms with Gasteiger partial charge in [-0.25, -0.2) is 5.26 Å². The van der Waals surface area contributed by atoms with Crippen LogP contribution in [0.3, 0.4) is 0 Å². The zero-order valence-electron chi connectivity index (χ0n) is 34.5. The molecule has 0 aliphatic heterocycles. The quantitative estimate of drug-likeness (QED) is 0.0129. The SMILES string of the molecule is CN(C)CCOc1nc(Nc2ccc(C=Cc3ccc(Nc4nc(OCCN(C)C)nc(N(CCO)CCO)n4)cc3S(=O)(=O)O)c(SOOO)c2)nc(N(CCO)CCO)n1. The summed E-state index contributed by atoms with van der Waals surface area (Å²) in [5.74, 6) is 0.245. The van der Waals surface area contributed by atoms with Gasteiger partial charge in [0.15, 0.2) is 0 Å². The van der Waals surface area contributed by atoms with Gasteiger partial charge in [0.2, 0.25) is 23.8 Å². The molecule has 0 radical (unpaired) electrons. The molecule has 2 aromatic carbocycles. The molecule has 2 aromatic heterocycles. The second-order valence-corrected chi connectivity index (χ2v) is 15.6. The summed E-state index contributed by atoms with van der Waals surface area (Å²) in [6.07, 6.45) is 2.97. The number of benzene rings is 2. The molecule has 8 N–H and O–H groups in total. The molecule has 0 atom stereocenters. The van der Waals surface area contributed by atoms with Crippen LogP contribution in [-0.4, -0.2) is 185 Å². The normalized spacial score (nSPS) is 11.7. The molecule has 0 saturated heterocycles. The Morgan fingerprint density at radius 2 is 1.10 bits per heavy atom. The number of nitrogens with one attached hydrogen (secondary N) is 2. The van der Waals surface area contributed by atoms with Gasteiger partial charge in [0.25, 0.3) is 10.1 Å². The Labute approximate surface area is 362 Å². The van der Waals surface area contributed by atoms with Crippen molar-refractivity contribution in [3.8, 4) is 12.0 Å². The third kappa shape index (κ3) is 16.0. The summed E-state index contributed by atoms with van der Waals surface area (Å²) < 4.78 is 51.9. The first-order valence-electron chi connectivity index (χ1n) is 18.9. The topological polar surface area (TPSA) is 307 Å². The zero-order valence-corrected chi connectivity index (χ0v) is 36.2. The van der Waals surface area contributed by atoms with Gasteiger partial charge >= 0.3 is 12.0 Å². The van der Waals surface area contributed by atoms with E-state index in [1.54, 1.807) is 23.1 Å². The zero-order chi connectivity index (χ0) is 45.1. The smallest absolute Gasteiger partial charge is 0.323 e. The Bertz CT molecular complexity index is 2150. The molecule has 0 aliphatic rings. The van der Waals surface area contributed by atoms with Crippen LogP contribution in [0.15, 0.2) is 46.2 Å². The molecule has 24 nitrogen and oxygen atoms in total. The van der Waals surface area contributed by atoms with Crippen LogP contribution in [0.4, 0.5) is 35.2 Å². The number of aliphatic hydroxyl groups excluding tert-OH is 4. The lowest BCUT2D eigenvalue weighted by Crippen LogP contribution is -2.31. The summed E-state index contributed by atoms with van der Waals surface area (Å²) in [6, 6.07) is 8.97. The van der Waals surface area contributed by atoms with Gasteiger partial charge in [0.05, 0.1) is 38.5 Å². The van der Waals surface area contributed by atoms with Crippen molar-refractivity contribution in [3.05, 3.63) is 47.5 Å². The Morgan fingerprint density at radius 1 is 0.645 bits per heavy atom. The number of likely N-dealkylation sites (N-methyl/N-ethyl adjacent to an activating group) is 2. The molecular formula is C36H52N12O12S2. The second kappa shape index (κ2) is 25.1. The standard InChI is InChI=1S/C36H52N12O12S2/c1-45(2)15-21-57-35-41-31(39-33(43-35)47(11-17-49)12-18-50)37-27-9-7-25(29(23-27)61-60-59-53)5-6-26-8-10-28(24-30(26)62(54,55)56)38-32-40-34(48(13-19-51)14-20-52)44-36(42-32)58-22-16-46(3)4/h5-10,23-24,49-53H,11-22H2,1-4H3,(H,54,55,56)(H,37,39,41,43)(H,38,40,42,44). The molecule has 0 saturated carbocycles. The van der Waals surface area contributed by atoms with E-state index in [2.05, 4.69) is 45.6 Å². The highest BCUT2D eigenvalue weighted by molar-refractivity contribution is 7.94. The average molecular weight is 909 g/mol. The molecule has 2 heterocycles. The van der Waals surface area contributed by atoms with Crippen molar-refractivity contribution in [3.63, 3.8) is 0 Å². The van der Waals surface area contributed by atoms with E-state index in [1.165, 1.54) is 35.3 Å². The van der Waals surface area contributed by atoms with Crippen LogP contribution in [0.25, 0.3) is 12.2 Å². The van der Waals surface area contributed by atoms with Crippen LogP contribution in [0.5, 0.6) is 12.0 Å². The summed E-state index contributed by atoms with van der Waals surface area (Å²) in [5, 5.41) is 57.1. The predicted molar refractivity (Wildman–Crippen MR) is 229 cm³/mol. The number of ether oxygens (including phenoxy) is 2. The molecule has 0 spiro atoms. The summed E-state index contributed by atoms with van der Waals surface area (Å²) in [7, 11) is 2.69. The Morgan fingerprint density at radius 3 is 1.53 bits per heavy atom.